The molecule has 1 heterocycles. The van der Waals surface area contributed by atoms with Crippen LogP contribution >= 0.6 is 11.8 Å². The lowest BCUT2D eigenvalue weighted by Crippen LogP contribution is -2.27. The zero-order chi connectivity index (χ0) is 18.8. The van der Waals surface area contributed by atoms with E-state index in [2.05, 4.69) is 0 Å². The third-order valence-corrected chi connectivity index (χ3v) is 5.40. The summed E-state index contributed by atoms with van der Waals surface area (Å²) in [6, 6.07) is 21.3. The van der Waals surface area contributed by atoms with Crippen LogP contribution in [0.2, 0.25) is 0 Å². The molecule has 0 unspecified atom stereocenters. The van der Waals surface area contributed by atoms with Crippen molar-refractivity contribution in [2.45, 2.75) is 6.54 Å². The molecular weight excluding hydrogens is 358 g/mol. The lowest BCUT2D eigenvalue weighted by Gasteiger charge is -2.14. The van der Waals surface area contributed by atoms with E-state index in [-0.39, 0.29) is 17.7 Å². The fourth-order valence-electron chi connectivity index (χ4n) is 3.09. The number of carbonyl (C=O) groups is 2. The maximum absolute atomic E-state index is 12.8. The molecule has 3 aromatic rings. The molecule has 0 saturated carbocycles. The Morgan fingerprint density at radius 1 is 0.963 bits per heavy atom. The topological polar surface area (TPSA) is 46.6 Å². The molecule has 1 aliphatic rings. The molecule has 0 aromatic heterocycles. The smallest absolute Gasteiger partial charge is 0.293 e. The van der Waals surface area contributed by atoms with E-state index in [1.807, 2.05) is 66.7 Å². The fourth-order valence-corrected chi connectivity index (χ4v) is 3.93. The zero-order valence-corrected chi connectivity index (χ0v) is 15.5. The molecule has 1 fully saturated rings. The highest BCUT2D eigenvalue weighted by atomic mass is 32.2. The number of hydrogen-bond acceptors (Lipinski definition) is 4. The van der Waals surface area contributed by atoms with Gasteiger partial charge in [0.1, 0.15) is 5.75 Å². The maximum atomic E-state index is 12.8. The SMILES string of the molecule is COc1ccc(C=C2SC(=O)N(Cc3cccc4ccccc34)C2=O)cc1. The van der Waals surface area contributed by atoms with Crippen molar-refractivity contribution in [3.05, 3.63) is 82.8 Å². The summed E-state index contributed by atoms with van der Waals surface area (Å²) < 4.78 is 5.14. The molecular formula is C22H17NO3S. The Bertz CT molecular complexity index is 1050. The van der Waals surface area contributed by atoms with Crippen LogP contribution in [0, 0.1) is 0 Å². The molecule has 0 atom stereocenters. The average molecular weight is 375 g/mol. The second kappa shape index (κ2) is 7.29. The van der Waals surface area contributed by atoms with Crippen LogP contribution in [0.4, 0.5) is 4.79 Å². The van der Waals surface area contributed by atoms with E-state index in [1.165, 1.54) is 4.90 Å². The molecule has 5 heteroatoms. The van der Waals surface area contributed by atoms with Gasteiger partial charge in [-0.15, -0.1) is 0 Å². The first-order valence-corrected chi connectivity index (χ1v) is 9.33. The van der Waals surface area contributed by atoms with Gasteiger partial charge in [0.05, 0.1) is 18.6 Å². The molecule has 0 spiro atoms. The van der Waals surface area contributed by atoms with E-state index >= 15 is 0 Å². The highest BCUT2D eigenvalue weighted by Gasteiger charge is 2.35. The van der Waals surface area contributed by atoms with E-state index in [0.29, 0.717) is 4.91 Å². The Hall–Kier alpha value is -3.05. The van der Waals surface area contributed by atoms with Gasteiger partial charge in [0, 0.05) is 0 Å². The fraction of sp³-hybridized carbons (Fsp3) is 0.0909. The summed E-state index contributed by atoms with van der Waals surface area (Å²) in [4.78, 5) is 27.0. The number of ether oxygens (including phenoxy) is 1. The molecule has 0 aliphatic carbocycles. The third-order valence-electron chi connectivity index (χ3n) is 4.50. The zero-order valence-electron chi connectivity index (χ0n) is 14.7. The van der Waals surface area contributed by atoms with Gasteiger partial charge in [-0.25, -0.2) is 0 Å². The van der Waals surface area contributed by atoms with Gasteiger partial charge in [0.25, 0.3) is 11.1 Å². The van der Waals surface area contributed by atoms with Gasteiger partial charge >= 0.3 is 0 Å². The van der Waals surface area contributed by atoms with E-state index in [9.17, 15) is 9.59 Å². The number of thioether (sulfide) groups is 1. The van der Waals surface area contributed by atoms with Crippen LogP contribution in [0.5, 0.6) is 5.75 Å². The summed E-state index contributed by atoms with van der Waals surface area (Å²) in [6.45, 7) is 0.270. The van der Waals surface area contributed by atoms with Gasteiger partial charge in [-0.1, -0.05) is 54.6 Å². The minimum absolute atomic E-state index is 0.243. The van der Waals surface area contributed by atoms with E-state index in [1.54, 1.807) is 13.2 Å². The molecule has 134 valence electrons. The van der Waals surface area contributed by atoms with Crippen molar-refractivity contribution >= 4 is 39.8 Å². The number of methoxy groups -OCH3 is 1. The molecule has 1 aliphatic heterocycles. The lowest BCUT2D eigenvalue weighted by molar-refractivity contribution is -0.123. The minimum Gasteiger partial charge on any atom is -0.497 e. The number of carbonyl (C=O) groups excluding carboxylic acids is 2. The van der Waals surface area contributed by atoms with Crippen LogP contribution in [-0.4, -0.2) is 23.2 Å². The van der Waals surface area contributed by atoms with Crippen LogP contribution < -0.4 is 4.74 Å². The third kappa shape index (κ3) is 3.46. The molecule has 2 amide bonds. The monoisotopic (exact) mass is 375 g/mol. The van der Waals surface area contributed by atoms with Crippen LogP contribution in [0.3, 0.4) is 0 Å². The first-order valence-electron chi connectivity index (χ1n) is 8.52. The molecule has 1 saturated heterocycles. The molecule has 0 radical (unpaired) electrons. The maximum Gasteiger partial charge on any atom is 0.293 e. The number of benzene rings is 3. The average Bonchev–Trinajstić information content (AvgIpc) is 2.96. The second-order valence-corrected chi connectivity index (χ2v) is 7.17. The van der Waals surface area contributed by atoms with Crippen LogP contribution in [0.25, 0.3) is 16.8 Å². The Morgan fingerprint density at radius 3 is 2.48 bits per heavy atom. The highest BCUT2D eigenvalue weighted by Crippen LogP contribution is 2.34. The summed E-state index contributed by atoms with van der Waals surface area (Å²) in [6.07, 6.45) is 1.74. The van der Waals surface area contributed by atoms with Crippen molar-refractivity contribution < 1.29 is 14.3 Å². The van der Waals surface area contributed by atoms with E-state index in [0.717, 1.165) is 39.4 Å². The van der Waals surface area contributed by atoms with Crippen molar-refractivity contribution in [1.29, 1.82) is 0 Å². The Morgan fingerprint density at radius 2 is 1.70 bits per heavy atom. The standard InChI is InChI=1S/C22H17NO3S/c1-26-18-11-9-15(10-12-18)13-20-21(24)23(22(25)27-20)14-17-7-4-6-16-5-2-3-8-19(16)17/h2-13H,14H2,1H3. The number of nitrogens with zero attached hydrogens (tertiary/aromatic N) is 1. The van der Waals surface area contributed by atoms with Crippen molar-refractivity contribution in [3.63, 3.8) is 0 Å². The summed E-state index contributed by atoms with van der Waals surface area (Å²) >= 11 is 0.979. The lowest BCUT2D eigenvalue weighted by atomic mass is 10.0. The van der Waals surface area contributed by atoms with Crippen LogP contribution in [-0.2, 0) is 11.3 Å². The van der Waals surface area contributed by atoms with Crippen molar-refractivity contribution in [2.24, 2.45) is 0 Å². The summed E-state index contributed by atoms with van der Waals surface area (Å²) in [5, 5.41) is 1.90. The highest BCUT2D eigenvalue weighted by molar-refractivity contribution is 8.18. The van der Waals surface area contributed by atoms with E-state index < -0.39 is 0 Å². The van der Waals surface area contributed by atoms with Crippen LogP contribution in [0.1, 0.15) is 11.1 Å². The normalized spacial score (nSPS) is 15.7. The molecule has 0 bridgehead atoms. The number of imide groups is 1. The number of rotatable bonds is 4. The van der Waals surface area contributed by atoms with Gasteiger partial charge in [-0.2, -0.15) is 0 Å². The van der Waals surface area contributed by atoms with Crippen LogP contribution in [0.15, 0.2) is 71.6 Å². The summed E-state index contributed by atoms with van der Waals surface area (Å²) in [7, 11) is 1.60. The largest absolute Gasteiger partial charge is 0.497 e. The number of fused-ring (bicyclic) bond motifs is 1. The molecule has 4 nitrogen and oxygen atoms in total. The predicted octanol–water partition coefficient (Wildman–Crippen LogP) is 5.08. The second-order valence-electron chi connectivity index (χ2n) is 6.18. The van der Waals surface area contributed by atoms with Gasteiger partial charge in [0.15, 0.2) is 0 Å². The number of amides is 2. The van der Waals surface area contributed by atoms with Gasteiger partial charge in [0.2, 0.25) is 0 Å². The minimum atomic E-state index is -0.256. The summed E-state index contributed by atoms with van der Waals surface area (Å²) in [5.41, 5.74) is 1.81. The predicted molar refractivity (Wildman–Crippen MR) is 108 cm³/mol. The Balaban J connectivity index is 1.60. The Labute approximate surface area is 161 Å². The first kappa shape index (κ1) is 17.4. The first-order chi connectivity index (χ1) is 13.2. The summed E-state index contributed by atoms with van der Waals surface area (Å²) in [5.74, 6) is 0.491. The van der Waals surface area contributed by atoms with Gasteiger partial charge in [-0.3, -0.25) is 14.5 Å². The molecule has 3 aromatic carbocycles. The van der Waals surface area contributed by atoms with Gasteiger partial charge < -0.3 is 4.74 Å². The van der Waals surface area contributed by atoms with Gasteiger partial charge in [-0.05, 0) is 51.9 Å². The van der Waals surface area contributed by atoms with Crippen molar-refractivity contribution in [3.8, 4) is 5.75 Å². The molecule has 4 rings (SSSR count). The Kier molecular flexibility index (Phi) is 4.69. The van der Waals surface area contributed by atoms with Crippen molar-refractivity contribution in [2.75, 3.05) is 7.11 Å². The molecule has 0 N–H and O–H groups in total. The van der Waals surface area contributed by atoms with Crippen molar-refractivity contribution in [1.82, 2.24) is 4.90 Å². The van der Waals surface area contributed by atoms with E-state index in [4.69, 9.17) is 4.74 Å². The molecule has 27 heavy (non-hydrogen) atoms. The quantitative estimate of drug-likeness (QED) is 0.596. The number of hydrogen-bond donors (Lipinski definition) is 0.